The van der Waals surface area contributed by atoms with Crippen molar-refractivity contribution >= 4 is 46.1 Å². The SMILES string of the molecule is C=Cc1[nH]c2cc3c(/C=C\C)c(C=C)[nH]c3cc2c1/C=C\C. The van der Waals surface area contributed by atoms with Crippen molar-refractivity contribution in [3.8, 4) is 0 Å². The number of hydrogen-bond donors (Lipinski definition) is 2. The summed E-state index contributed by atoms with van der Waals surface area (Å²) in [7, 11) is 0. The molecule has 2 aromatic heterocycles. The van der Waals surface area contributed by atoms with Gasteiger partial charge in [-0.2, -0.15) is 0 Å². The number of allylic oxidation sites excluding steroid dienone is 2. The van der Waals surface area contributed by atoms with Crippen molar-refractivity contribution in [3.05, 3.63) is 60.0 Å². The summed E-state index contributed by atoms with van der Waals surface area (Å²) in [5, 5.41) is 2.40. The van der Waals surface area contributed by atoms with Crippen molar-refractivity contribution < 1.29 is 0 Å². The Kier molecular flexibility index (Phi) is 3.60. The van der Waals surface area contributed by atoms with Gasteiger partial charge in [0.25, 0.3) is 0 Å². The highest BCUT2D eigenvalue weighted by atomic mass is 14.7. The van der Waals surface area contributed by atoms with E-state index in [9.17, 15) is 0 Å². The molecule has 0 saturated heterocycles. The summed E-state index contributed by atoms with van der Waals surface area (Å²) in [6, 6.07) is 4.40. The third-order valence-corrected chi connectivity index (χ3v) is 3.93. The zero-order chi connectivity index (χ0) is 15.7. The van der Waals surface area contributed by atoms with Gasteiger partial charge >= 0.3 is 0 Å². The van der Waals surface area contributed by atoms with E-state index in [2.05, 4.69) is 59.6 Å². The van der Waals surface area contributed by atoms with E-state index < -0.39 is 0 Å². The second kappa shape index (κ2) is 5.57. The van der Waals surface area contributed by atoms with Crippen LogP contribution >= 0.6 is 0 Å². The minimum absolute atomic E-state index is 1.05. The molecule has 0 unspecified atom stereocenters. The third kappa shape index (κ3) is 2.04. The quantitative estimate of drug-likeness (QED) is 0.590. The highest BCUT2D eigenvalue weighted by Gasteiger charge is 2.12. The van der Waals surface area contributed by atoms with Crippen LogP contribution in [0.3, 0.4) is 0 Å². The lowest BCUT2D eigenvalue weighted by Crippen LogP contribution is -1.74. The standard InChI is InChI=1S/C20H20N2/c1-5-9-13-15-11-20-16(12-19(15)21-17(13)7-3)14(10-6-2)18(8-4)22-20/h5-12,21-22H,3-4H2,1-2H3/b9-5-,10-6-. The van der Waals surface area contributed by atoms with E-state index in [0.29, 0.717) is 0 Å². The Labute approximate surface area is 130 Å². The monoisotopic (exact) mass is 288 g/mol. The number of hydrogen-bond acceptors (Lipinski definition) is 0. The number of nitrogens with one attached hydrogen (secondary N) is 2. The van der Waals surface area contributed by atoms with E-state index in [4.69, 9.17) is 0 Å². The lowest BCUT2D eigenvalue weighted by Gasteiger charge is -1.96. The van der Waals surface area contributed by atoms with Crippen molar-refractivity contribution in [2.24, 2.45) is 0 Å². The molecule has 0 bridgehead atoms. The highest BCUT2D eigenvalue weighted by molar-refractivity contribution is 6.05. The molecule has 2 heteroatoms. The van der Waals surface area contributed by atoms with E-state index in [1.54, 1.807) is 0 Å². The minimum atomic E-state index is 1.05. The van der Waals surface area contributed by atoms with E-state index in [-0.39, 0.29) is 0 Å². The molecule has 0 amide bonds. The molecule has 22 heavy (non-hydrogen) atoms. The first-order chi connectivity index (χ1) is 10.7. The van der Waals surface area contributed by atoms with Crippen LogP contribution in [0.1, 0.15) is 36.4 Å². The van der Waals surface area contributed by atoms with Gasteiger partial charge in [-0.1, -0.05) is 37.5 Å². The molecule has 1 aromatic carbocycles. The summed E-state index contributed by atoms with van der Waals surface area (Å²) in [5.41, 5.74) is 6.70. The average Bonchev–Trinajstić information content (AvgIpc) is 3.04. The van der Waals surface area contributed by atoms with Crippen molar-refractivity contribution in [3.63, 3.8) is 0 Å². The highest BCUT2D eigenvalue weighted by Crippen LogP contribution is 2.32. The first kappa shape index (κ1) is 14.2. The maximum absolute atomic E-state index is 3.90. The maximum atomic E-state index is 3.90. The molecule has 2 nitrogen and oxygen atoms in total. The molecule has 2 heterocycles. The molecule has 110 valence electrons. The summed E-state index contributed by atoms with van der Waals surface area (Å²) in [6.07, 6.45) is 12.1. The zero-order valence-electron chi connectivity index (χ0n) is 13.0. The van der Waals surface area contributed by atoms with Gasteiger partial charge in [0.05, 0.1) is 0 Å². The summed E-state index contributed by atoms with van der Waals surface area (Å²) in [5.74, 6) is 0. The van der Waals surface area contributed by atoms with E-state index >= 15 is 0 Å². The van der Waals surface area contributed by atoms with Gasteiger partial charge in [-0.25, -0.2) is 0 Å². The maximum Gasteiger partial charge on any atom is 0.0472 e. The minimum Gasteiger partial charge on any atom is -0.355 e. The number of aromatic amines is 2. The normalized spacial score (nSPS) is 12.1. The van der Waals surface area contributed by atoms with Gasteiger partial charge < -0.3 is 9.97 Å². The molecule has 3 aromatic rings. The van der Waals surface area contributed by atoms with Crippen LogP contribution in [-0.2, 0) is 0 Å². The van der Waals surface area contributed by atoms with Crippen molar-refractivity contribution in [1.29, 1.82) is 0 Å². The van der Waals surface area contributed by atoms with Gasteiger partial charge in [-0.05, 0) is 38.1 Å². The Balaban J connectivity index is 2.42. The Hall–Kier alpha value is -2.74. The van der Waals surface area contributed by atoms with Crippen LogP contribution in [0.25, 0.3) is 46.1 Å². The number of fused-ring (bicyclic) bond motifs is 2. The van der Waals surface area contributed by atoms with Crippen molar-refractivity contribution in [2.75, 3.05) is 0 Å². The topological polar surface area (TPSA) is 31.6 Å². The summed E-state index contributed by atoms with van der Waals surface area (Å²) in [4.78, 5) is 6.91. The predicted molar refractivity (Wildman–Crippen MR) is 99.8 cm³/mol. The first-order valence-electron chi connectivity index (χ1n) is 7.45. The number of benzene rings is 1. The second-order valence-electron chi connectivity index (χ2n) is 5.26. The fourth-order valence-corrected chi connectivity index (χ4v) is 2.98. The molecule has 0 aliphatic heterocycles. The largest absolute Gasteiger partial charge is 0.355 e. The Morgan fingerprint density at radius 2 is 1.18 bits per heavy atom. The van der Waals surface area contributed by atoms with E-state index in [1.165, 1.54) is 21.9 Å². The molecule has 0 aliphatic carbocycles. The van der Waals surface area contributed by atoms with Crippen LogP contribution in [0, 0.1) is 0 Å². The van der Waals surface area contributed by atoms with Crippen LogP contribution < -0.4 is 0 Å². The lowest BCUT2D eigenvalue weighted by atomic mass is 10.1. The fraction of sp³-hybridized carbons (Fsp3) is 0.100. The van der Waals surface area contributed by atoms with E-state index in [1.807, 2.05) is 26.0 Å². The smallest absolute Gasteiger partial charge is 0.0472 e. The molecule has 0 atom stereocenters. The predicted octanol–water partition coefficient (Wildman–Crippen LogP) is 6.00. The van der Waals surface area contributed by atoms with Gasteiger partial charge in [0.1, 0.15) is 0 Å². The fourth-order valence-electron chi connectivity index (χ4n) is 2.98. The number of H-pyrrole nitrogens is 2. The molecule has 0 aliphatic rings. The van der Waals surface area contributed by atoms with Crippen LogP contribution in [0.15, 0.2) is 37.4 Å². The van der Waals surface area contributed by atoms with Gasteiger partial charge in [0, 0.05) is 44.3 Å². The third-order valence-electron chi connectivity index (χ3n) is 3.93. The first-order valence-corrected chi connectivity index (χ1v) is 7.45. The molecular weight excluding hydrogens is 268 g/mol. The molecule has 0 spiro atoms. The number of rotatable bonds is 4. The zero-order valence-corrected chi connectivity index (χ0v) is 13.0. The van der Waals surface area contributed by atoms with E-state index in [0.717, 1.165) is 22.4 Å². The van der Waals surface area contributed by atoms with Crippen LogP contribution in [0.2, 0.25) is 0 Å². The summed E-state index contributed by atoms with van der Waals surface area (Å²) in [6.45, 7) is 11.9. The Bertz CT molecular complexity index is 852. The molecule has 3 rings (SSSR count). The second-order valence-corrected chi connectivity index (χ2v) is 5.26. The molecule has 0 fully saturated rings. The summed E-state index contributed by atoms with van der Waals surface area (Å²) < 4.78 is 0. The van der Waals surface area contributed by atoms with Gasteiger partial charge in [-0.3, -0.25) is 0 Å². The Morgan fingerprint density at radius 3 is 1.50 bits per heavy atom. The summed E-state index contributed by atoms with van der Waals surface area (Å²) >= 11 is 0. The molecule has 0 radical (unpaired) electrons. The van der Waals surface area contributed by atoms with Gasteiger partial charge in [0.2, 0.25) is 0 Å². The van der Waals surface area contributed by atoms with Gasteiger partial charge in [0.15, 0.2) is 0 Å². The van der Waals surface area contributed by atoms with Crippen molar-refractivity contribution in [1.82, 2.24) is 9.97 Å². The van der Waals surface area contributed by atoms with Crippen LogP contribution in [-0.4, -0.2) is 9.97 Å². The molecule has 0 saturated carbocycles. The van der Waals surface area contributed by atoms with Gasteiger partial charge in [-0.15, -0.1) is 0 Å². The Morgan fingerprint density at radius 1 is 0.773 bits per heavy atom. The van der Waals surface area contributed by atoms with Crippen LogP contribution in [0.5, 0.6) is 0 Å². The lowest BCUT2D eigenvalue weighted by molar-refractivity contribution is 1.42. The number of aromatic nitrogens is 2. The average molecular weight is 288 g/mol. The molecular formula is C20H20N2. The van der Waals surface area contributed by atoms with Crippen LogP contribution in [0.4, 0.5) is 0 Å². The van der Waals surface area contributed by atoms with Crippen molar-refractivity contribution in [2.45, 2.75) is 13.8 Å². The molecule has 2 N–H and O–H groups in total.